The fourth-order valence-corrected chi connectivity index (χ4v) is 1.77. The van der Waals surface area contributed by atoms with Gasteiger partial charge in [-0.3, -0.25) is 9.78 Å². The number of aliphatic hydroxyl groups is 2. The van der Waals surface area contributed by atoms with Crippen LogP contribution < -0.4 is 5.73 Å². The van der Waals surface area contributed by atoms with Gasteiger partial charge in [0.25, 0.3) is 5.91 Å². The van der Waals surface area contributed by atoms with Crippen LogP contribution in [-0.4, -0.2) is 51.3 Å². The topological polar surface area (TPSA) is 99.7 Å². The Balaban J connectivity index is 2.09. The van der Waals surface area contributed by atoms with E-state index in [2.05, 4.69) is 4.98 Å². The second-order valence-corrected chi connectivity index (χ2v) is 4.10. The monoisotopic (exact) mass is 237 g/mol. The molecule has 4 N–H and O–H groups in total. The van der Waals surface area contributed by atoms with E-state index in [9.17, 15) is 15.0 Å². The summed E-state index contributed by atoms with van der Waals surface area (Å²) in [7, 11) is 0. The van der Waals surface area contributed by atoms with Crippen LogP contribution in [0.5, 0.6) is 0 Å². The van der Waals surface area contributed by atoms with Crippen molar-refractivity contribution in [2.24, 2.45) is 5.73 Å². The largest absolute Gasteiger partial charge is 0.388 e. The van der Waals surface area contributed by atoms with Gasteiger partial charge in [-0.2, -0.15) is 0 Å². The number of aromatic nitrogens is 1. The van der Waals surface area contributed by atoms with Gasteiger partial charge >= 0.3 is 0 Å². The van der Waals surface area contributed by atoms with Gasteiger partial charge in [-0.25, -0.2) is 0 Å². The fraction of sp³-hybridized carbons (Fsp3) is 0.455. The second kappa shape index (κ2) is 4.79. The van der Waals surface area contributed by atoms with Gasteiger partial charge in [0.05, 0.1) is 12.2 Å². The number of hydrogen-bond donors (Lipinski definition) is 3. The van der Waals surface area contributed by atoms with Crippen molar-refractivity contribution in [3.8, 4) is 0 Å². The van der Waals surface area contributed by atoms with Crippen molar-refractivity contribution >= 4 is 5.91 Å². The first kappa shape index (κ1) is 12.0. The number of hydrogen-bond acceptors (Lipinski definition) is 5. The number of nitrogens with two attached hydrogens (primary N) is 1. The zero-order valence-electron chi connectivity index (χ0n) is 9.28. The molecule has 6 heteroatoms. The number of likely N-dealkylation sites (tertiary alicyclic amines) is 1. The summed E-state index contributed by atoms with van der Waals surface area (Å²) < 4.78 is 0. The molecular formula is C11H15N3O3. The Bertz CT molecular complexity index is 397. The van der Waals surface area contributed by atoms with E-state index >= 15 is 0 Å². The predicted molar refractivity (Wildman–Crippen MR) is 60.0 cm³/mol. The lowest BCUT2D eigenvalue weighted by atomic mass is 10.2. The zero-order chi connectivity index (χ0) is 12.4. The maximum Gasteiger partial charge on any atom is 0.272 e. The van der Waals surface area contributed by atoms with Crippen molar-refractivity contribution in [3.05, 3.63) is 29.6 Å². The molecule has 1 aromatic heterocycles. The zero-order valence-corrected chi connectivity index (χ0v) is 9.28. The van der Waals surface area contributed by atoms with Gasteiger partial charge in [-0.05, 0) is 11.6 Å². The van der Waals surface area contributed by atoms with Crippen LogP contribution in [0, 0.1) is 0 Å². The molecule has 6 nitrogen and oxygen atoms in total. The van der Waals surface area contributed by atoms with E-state index in [-0.39, 0.29) is 19.0 Å². The third kappa shape index (κ3) is 2.44. The highest BCUT2D eigenvalue weighted by Crippen LogP contribution is 2.13. The van der Waals surface area contributed by atoms with Crippen LogP contribution in [-0.2, 0) is 6.54 Å². The van der Waals surface area contributed by atoms with E-state index in [1.165, 1.54) is 4.90 Å². The number of carbonyl (C=O) groups is 1. The van der Waals surface area contributed by atoms with E-state index in [0.717, 1.165) is 5.56 Å². The van der Waals surface area contributed by atoms with E-state index < -0.39 is 12.2 Å². The third-order valence-electron chi connectivity index (χ3n) is 2.83. The summed E-state index contributed by atoms with van der Waals surface area (Å²) in [5, 5.41) is 18.7. The molecule has 0 bridgehead atoms. The Labute approximate surface area is 98.7 Å². The lowest BCUT2D eigenvalue weighted by molar-refractivity contribution is 0.0572. The van der Waals surface area contributed by atoms with Crippen LogP contribution in [0.3, 0.4) is 0 Å². The first-order valence-electron chi connectivity index (χ1n) is 5.42. The SMILES string of the molecule is NCc1ccc(C(=O)N2C[C@@H](O)[C@@H](O)C2)nc1. The molecule has 92 valence electrons. The quantitative estimate of drug-likeness (QED) is 0.595. The fourth-order valence-electron chi connectivity index (χ4n) is 1.77. The Morgan fingerprint density at radius 1 is 1.41 bits per heavy atom. The molecule has 0 aromatic carbocycles. The summed E-state index contributed by atoms with van der Waals surface area (Å²) in [5.41, 5.74) is 6.58. The third-order valence-corrected chi connectivity index (χ3v) is 2.83. The van der Waals surface area contributed by atoms with Crippen LogP contribution in [0.15, 0.2) is 18.3 Å². The van der Waals surface area contributed by atoms with Crippen LogP contribution in [0.4, 0.5) is 0 Å². The van der Waals surface area contributed by atoms with Crippen molar-refractivity contribution in [3.63, 3.8) is 0 Å². The molecular weight excluding hydrogens is 222 g/mol. The van der Waals surface area contributed by atoms with Crippen LogP contribution in [0.2, 0.25) is 0 Å². The maximum atomic E-state index is 11.9. The molecule has 0 aliphatic carbocycles. The highest BCUT2D eigenvalue weighted by Gasteiger charge is 2.33. The number of β-amino-alcohol motifs (C(OH)–C–C–N with tert-alkyl or cyclic N) is 2. The molecule has 0 radical (unpaired) electrons. The molecule has 0 unspecified atom stereocenters. The average molecular weight is 237 g/mol. The molecule has 1 aliphatic heterocycles. The van der Waals surface area contributed by atoms with Crippen LogP contribution in [0.1, 0.15) is 16.1 Å². The molecule has 1 amide bonds. The van der Waals surface area contributed by atoms with E-state index in [4.69, 9.17) is 5.73 Å². The van der Waals surface area contributed by atoms with Gasteiger partial charge in [-0.15, -0.1) is 0 Å². The van der Waals surface area contributed by atoms with E-state index in [0.29, 0.717) is 12.2 Å². The van der Waals surface area contributed by atoms with E-state index in [1.54, 1.807) is 18.3 Å². The van der Waals surface area contributed by atoms with E-state index in [1.807, 2.05) is 0 Å². The van der Waals surface area contributed by atoms with Gasteiger partial charge in [0, 0.05) is 25.8 Å². The molecule has 1 aromatic rings. The standard InChI is InChI=1S/C11H15N3O3/c12-3-7-1-2-8(13-4-7)11(17)14-5-9(15)10(16)6-14/h1-2,4,9-10,15-16H,3,5-6,12H2/t9-,10+. The highest BCUT2D eigenvalue weighted by molar-refractivity contribution is 5.92. The van der Waals surface area contributed by atoms with Gasteiger partial charge < -0.3 is 20.8 Å². The summed E-state index contributed by atoms with van der Waals surface area (Å²) >= 11 is 0. The molecule has 2 heterocycles. The van der Waals surface area contributed by atoms with Crippen molar-refractivity contribution in [1.82, 2.24) is 9.88 Å². The maximum absolute atomic E-state index is 11.9. The number of amides is 1. The Kier molecular flexibility index (Phi) is 3.37. The van der Waals surface area contributed by atoms with Gasteiger partial charge in [0.15, 0.2) is 0 Å². The number of pyridine rings is 1. The lowest BCUT2D eigenvalue weighted by Crippen LogP contribution is -2.30. The molecule has 1 fully saturated rings. The second-order valence-electron chi connectivity index (χ2n) is 4.10. The van der Waals surface area contributed by atoms with Crippen LogP contribution in [0.25, 0.3) is 0 Å². The summed E-state index contributed by atoms with van der Waals surface area (Å²) in [6.45, 7) is 0.656. The van der Waals surface area contributed by atoms with Crippen molar-refractivity contribution in [2.75, 3.05) is 13.1 Å². The molecule has 1 aliphatic rings. The normalized spacial score (nSPS) is 24.1. The summed E-state index contributed by atoms with van der Waals surface area (Å²) in [6.07, 6.45) is -0.194. The minimum absolute atomic E-state index is 0.139. The molecule has 2 atom stereocenters. The summed E-state index contributed by atoms with van der Waals surface area (Å²) in [6, 6.07) is 3.34. The van der Waals surface area contributed by atoms with Gasteiger partial charge in [0.1, 0.15) is 5.69 Å². The first-order chi connectivity index (χ1) is 8.11. The summed E-state index contributed by atoms with van der Waals surface area (Å²) in [4.78, 5) is 17.3. The van der Waals surface area contributed by atoms with Crippen LogP contribution >= 0.6 is 0 Å². The summed E-state index contributed by atoms with van der Waals surface area (Å²) in [5.74, 6) is -0.288. The van der Waals surface area contributed by atoms with Crippen molar-refractivity contribution < 1.29 is 15.0 Å². The minimum atomic E-state index is -0.873. The molecule has 2 rings (SSSR count). The van der Waals surface area contributed by atoms with Gasteiger partial charge in [0.2, 0.25) is 0 Å². The molecule has 0 saturated carbocycles. The number of carbonyl (C=O) groups excluding carboxylic acids is 1. The highest BCUT2D eigenvalue weighted by atomic mass is 16.3. The molecule has 1 saturated heterocycles. The Hall–Kier alpha value is -1.50. The predicted octanol–water partition coefficient (Wildman–Crippen LogP) is -1.28. The van der Waals surface area contributed by atoms with Crippen molar-refractivity contribution in [2.45, 2.75) is 18.8 Å². The Morgan fingerprint density at radius 2 is 2.06 bits per heavy atom. The number of nitrogens with zero attached hydrogens (tertiary/aromatic N) is 2. The smallest absolute Gasteiger partial charge is 0.272 e. The number of rotatable bonds is 2. The Morgan fingerprint density at radius 3 is 2.53 bits per heavy atom. The molecule has 17 heavy (non-hydrogen) atoms. The van der Waals surface area contributed by atoms with Gasteiger partial charge in [-0.1, -0.05) is 6.07 Å². The lowest BCUT2D eigenvalue weighted by Gasteiger charge is -2.14. The average Bonchev–Trinajstić information content (AvgIpc) is 2.69. The first-order valence-corrected chi connectivity index (χ1v) is 5.42. The number of aliphatic hydroxyl groups excluding tert-OH is 2. The molecule has 0 spiro atoms. The minimum Gasteiger partial charge on any atom is -0.388 e. The van der Waals surface area contributed by atoms with Crippen molar-refractivity contribution in [1.29, 1.82) is 0 Å².